The minimum absolute atomic E-state index is 0.0780. The van der Waals surface area contributed by atoms with Crippen molar-refractivity contribution in [2.75, 3.05) is 11.9 Å². The molecule has 1 aromatic carbocycles. The van der Waals surface area contributed by atoms with Crippen LogP contribution in [0.25, 0.3) is 10.7 Å². The summed E-state index contributed by atoms with van der Waals surface area (Å²) < 4.78 is 4.93. The first kappa shape index (κ1) is 21.1. The summed E-state index contributed by atoms with van der Waals surface area (Å²) in [5.74, 6) is -1.34. The fraction of sp³-hybridized carbons (Fsp3) is 0.190. The van der Waals surface area contributed by atoms with Crippen LogP contribution < -0.4 is 10.6 Å². The van der Waals surface area contributed by atoms with Crippen LogP contribution in [0.1, 0.15) is 16.8 Å². The molecule has 9 heteroatoms. The molecule has 0 bridgehead atoms. The van der Waals surface area contributed by atoms with Gasteiger partial charge in [0.1, 0.15) is 5.01 Å². The smallest absolute Gasteiger partial charge is 0.325 e. The van der Waals surface area contributed by atoms with Gasteiger partial charge in [0.05, 0.1) is 17.8 Å². The Morgan fingerprint density at radius 2 is 1.97 bits per heavy atom. The average Bonchev–Trinajstić information content (AvgIpc) is 3.18. The summed E-state index contributed by atoms with van der Waals surface area (Å²) in [5.41, 5.74) is 3.77. The second-order valence-corrected chi connectivity index (χ2v) is 7.38. The molecule has 2 N–H and O–H groups in total. The number of amides is 3. The van der Waals surface area contributed by atoms with Gasteiger partial charge in [-0.1, -0.05) is 23.8 Å². The molecule has 30 heavy (non-hydrogen) atoms. The fourth-order valence-electron chi connectivity index (χ4n) is 2.61. The van der Waals surface area contributed by atoms with Gasteiger partial charge in [0.15, 0.2) is 6.61 Å². The highest BCUT2D eigenvalue weighted by Crippen LogP contribution is 2.21. The molecule has 2 heterocycles. The summed E-state index contributed by atoms with van der Waals surface area (Å²) in [6, 6.07) is 10.3. The molecule has 0 atom stereocenters. The molecule has 0 spiro atoms. The number of carbonyl (C=O) groups is 3. The molecule has 0 aliphatic heterocycles. The van der Waals surface area contributed by atoms with Gasteiger partial charge in [-0.3, -0.25) is 19.9 Å². The van der Waals surface area contributed by atoms with E-state index in [9.17, 15) is 14.4 Å². The minimum atomic E-state index is -0.724. The lowest BCUT2D eigenvalue weighted by molar-refractivity contribution is -0.147. The Morgan fingerprint density at radius 3 is 2.70 bits per heavy atom. The van der Waals surface area contributed by atoms with Gasteiger partial charge in [-0.25, -0.2) is 9.78 Å². The summed E-state index contributed by atoms with van der Waals surface area (Å²) in [6.45, 7) is 3.24. The van der Waals surface area contributed by atoms with Crippen LogP contribution >= 0.6 is 11.3 Å². The zero-order valence-electron chi connectivity index (χ0n) is 16.5. The number of esters is 1. The number of rotatable bonds is 6. The third-order valence-electron chi connectivity index (χ3n) is 4.01. The van der Waals surface area contributed by atoms with Crippen LogP contribution in [0.5, 0.6) is 0 Å². The van der Waals surface area contributed by atoms with Crippen molar-refractivity contribution in [3.8, 4) is 10.7 Å². The number of hydrogen-bond donors (Lipinski definition) is 2. The van der Waals surface area contributed by atoms with E-state index in [2.05, 4.69) is 20.6 Å². The molecule has 3 amide bonds. The van der Waals surface area contributed by atoms with Gasteiger partial charge in [0, 0.05) is 17.3 Å². The number of benzene rings is 1. The van der Waals surface area contributed by atoms with E-state index in [0.717, 1.165) is 16.8 Å². The van der Waals surface area contributed by atoms with Crippen LogP contribution in [0.15, 0.2) is 48.0 Å². The van der Waals surface area contributed by atoms with Crippen molar-refractivity contribution >= 4 is 34.9 Å². The van der Waals surface area contributed by atoms with E-state index in [1.54, 1.807) is 17.6 Å². The van der Waals surface area contributed by atoms with Crippen molar-refractivity contribution in [3.05, 3.63) is 64.8 Å². The quantitative estimate of drug-likeness (QED) is 0.588. The predicted molar refractivity (Wildman–Crippen MR) is 113 cm³/mol. The Bertz CT molecular complexity index is 1070. The monoisotopic (exact) mass is 424 g/mol. The molecule has 0 aliphatic rings. The van der Waals surface area contributed by atoms with Crippen LogP contribution in [0.4, 0.5) is 10.5 Å². The van der Waals surface area contributed by atoms with E-state index in [0.29, 0.717) is 16.4 Å². The summed E-state index contributed by atoms with van der Waals surface area (Å²) in [4.78, 5) is 44.3. The lowest BCUT2D eigenvalue weighted by atomic mass is 10.1. The van der Waals surface area contributed by atoms with Gasteiger partial charge >= 0.3 is 12.0 Å². The SMILES string of the molecule is Cc1ccc(NC(=O)NC(=O)COC(=O)Cc2csc(-c3ccccn3)n2)c(C)c1. The van der Waals surface area contributed by atoms with E-state index >= 15 is 0 Å². The molecule has 0 aliphatic carbocycles. The Labute approximate surface area is 177 Å². The molecule has 0 radical (unpaired) electrons. The number of nitrogens with zero attached hydrogens (tertiary/aromatic N) is 2. The van der Waals surface area contributed by atoms with Crippen molar-refractivity contribution in [3.63, 3.8) is 0 Å². The first-order valence-electron chi connectivity index (χ1n) is 9.10. The molecule has 0 saturated heterocycles. The van der Waals surface area contributed by atoms with Crippen LogP contribution in [-0.4, -0.2) is 34.5 Å². The molecule has 3 aromatic rings. The highest BCUT2D eigenvalue weighted by molar-refractivity contribution is 7.13. The van der Waals surface area contributed by atoms with Gasteiger partial charge in [-0.2, -0.15) is 0 Å². The lowest BCUT2D eigenvalue weighted by Crippen LogP contribution is -2.37. The molecule has 3 rings (SSSR count). The van der Waals surface area contributed by atoms with E-state index in [-0.39, 0.29) is 6.42 Å². The normalized spacial score (nSPS) is 10.3. The molecular formula is C21H20N4O4S. The fourth-order valence-corrected chi connectivity index (χ4v) is 3.41. The topological polar surface area (TPSA) is 110 Å². The Morgan fingerprint density at radius 1 is 1.13 bits per heavy atom. The van der Waals surface area contributed by atoms with Crippen LogP contribution in [-0.2, 0) is 20.7 Å². The highest BCUT2D eigenvalue weighted by Gasteiger charge is 2.14. The molecule has 0 saturated carbocycles. The zero-order chi connectivity index (χ0) is 21.5. The summed E-state index contributed by atoms with van der Waals surface area (Å²) >= 11 is 1.37. The Hall–Kier alpha value is -3.59. The zero-order valence-corrected chi connectivity index (χ0v) is 17.3. The number of hydrogen-bond acceptors (Lipinski definition) is 7. The third kappa shape index (κ3) is 5.95. The standard InChI is InChI=1S/C21H20N4O4S/c1-13-6-7-16(14(2)9-13)24-21(28)25-18(26)11-29-19(27)10-15-12-30-20(23-15)17-5-3-4-8-22-17/h3-9,12H,10-11H2,1-2H3,(H2,24,25,26,28). The average molecular weight is 424 g/mol. The number of urea groups is 1. The molecule has 0 unspecified atom stereocenters. The maximum atomic E-state index is 12.0. The highest BCUT2D eigenvalue weighted by atomic mass is 32.1. The predicted octanol–water partition coefficient (Wildman–Crippen LogP) is 3.26. The first-order chi connectivity index (χ1) is 14.4. The Balaban J connectivity index is 1.44. The Kier molecular flexibility index (Phi) is 6.87. The third-order valence-corrected chi connectivity index (χ3v) is 4.92. The minimum Gasteiger partial charge on any atom is -0.455 e. The van der Waals surface area contributed by atoms with Crippen LogP contribution in [0.2, 0.25) is 0 Å². The van der Waals surface area contributed by atoms with Crippen LogP contribution in [0.3, 0.4) is 0 Å². The number of nitrogens with one attached hydrogen (secondary N) is 2. The number of imide groups is 1. The van der Waals surface area contributed by atoms with Gasteiger partial charge in [0.25, 0.3) is 5.91 Å². The first-order valence-corrected chi connectivity index (χ1v) is 9.98. The summed E-state index contributed by atoms with van der Waals surface area (Å²) in [6.07, 6.45) is 1.59. The molecule has 154 valence electrons. The maximum Gasteiger partial charge on any atom is 0.325 e. The van der Waals surface area contributed by atoms with Crippen molar-refractivity contribution < 1.29 is 19.1 Å². The second kappa shape index (κ2) is 9.75. The number of anilines is 1. The van der Waals surface area contributed by atoms with Crippen LogP contribution in [0, 0.1) is 13.8 Å². The van der Waals surface area contributed by atoms with Crippen molar-refractivity contribution in [1.82, 2.24) is 15.3 Å². The van der Waals surface area contributed by atoms with E-state index in [1.807, 2.05) is 44.2 Å². The molecule has 2 aromatic heterocycles. The van der Waals surface area contributed by atoms with Gasteiger partial charge in [0.2, 0.25) is 0 Å². The number of aromatic nitrogens is 2. The van der Waals surface area contributed by atoms with Crippen molar-refractivity contribution in [2.24, 2.45) is 0 Å². The van der Waals surface area contributed by atoms with E-state index in [4.69, 9.17) is 4.74 Å². The van der Waals surface area contributed by atoms with Crippen molar-refractivity contribution in [1.29, 1.82) is 0 Å². The van der Waals surface area contributed by atoms with E-state index < -0.39 is 24.5 Å². The number of pyridine rings is 1. The van der Waals surface area contributed by atoms with Gasteiger partial charge in [-0.15, -0.1) is 11.3 Å². The number of thiazole rings is 1. The number of ether oxygens (including phenoxy) is 1. The summed E-state index contributed by atoms with van der Waals surface area (Å²) in [5, 5.41) is 7.15. The van der Waals surface area contributed by atoms with Gasteiger partial charge < -0.3 is 10.1 Å². The molecule has 0 fully saturated rings. The molecule has 8 nitrogen and oxygen atoms in total. The lowest BCUT2D eigenvalue weighted by Gasteiger charge is -2.10. The maximum absolute atomic E-state index is 12.0. The second-order valence-electron chi connectivity index (χ2n) is 6.52. The largest absolute Gasteiger partial charge is 0.455 e. The van der Waals surface area contributed by atoms with Crippen molar-refractivity contribution in [2.45, 2.75) is 20.3 Å². The number of carbonyl (C=O) groups excluding carboxylic acids is 3. The summed E-state index contributed by atoms with van der Waals surface area (Å²) in [7, 11) is 0. The van der Waals surface area contributed by atoms with E-state index in [1.165, 1.54) is 11.3 Å². The molecular weight excluding hydrogens is 404 g/mol. The number of aryl methyl sites for hydroxylation is 2. The van der Waals surface area contributed by atoms with Gasteiger partial charge in [-0.05, 0) is 37.6 Å².